The summed E-state index contributed by atoms with van der Waals surface area (Å²) in [6, 6.07) is 8.99. The van der Waals surface area contributed by atoms with E-state index in [1.165, 1.54) is 18.4 Å². The zero-order valence-corrected chi connectivity index (χ0v) is 15.7. The lowest BCUT2D eigenvalue weighted by Crippen LogP contribution is -2.45. The molecule has 0 aromatic heterocycles. The van der Waals surface area contributed by atoms with Gasteiger partial charge in [0.1, 0.15) is 0 Å². The maximum Gasteiger partial charge on any atom is 0.310 e. The van der Waals surface area contributed by atoms with Crippen LogP contribution in [0.15, 0.2) is 29.3 Å². The largest absolute Gasteiger partial charge is 0.469 e. The number of methoxy groups -OCH3 is 1. The lowest BCUT2D eigenvalue weighted by atomic mass is 10.2. The normalized spacial score (nSPS) is 18.8. The summed E-state index contributed by atoms with van der Waals surface area (Å²) in [4.78, 5) is 18.4. The van der Waals surface area contributed by atoms with E-state index in [0.717, 1.165) is 32.0 Å². The smallest absolute Gasteiger partial charge is 0.310 e. The van der Waals surface area contributed by atoms with Gasteiger partial charge in [-0.3, -0.25) is 9.79 Å². The molecule has 1 aromatic rings. The van der Waals surface area contributed by atoms with Gasteiger partial charge in [-0.1, -0.05) is 24.6 Å². The Balaban J connectivity index is 1.91. The van der Waals surface area contributed by atoms with Gasteiger partial charge < -0.3 is 20.3 Å². The van der Waals surface area contributed by atoms with Crippen LogP contribution in [0.1, 0.15) is 25.8 Å². The van der Waals surface area contributed by atoms with Gasteiger partial charge in [-0.25, -0.2) is 0 Å². The van der Waals surface area contributed by atoms with Gasteiger partial charge in [0.25, 0.3) is 0 Å². The van der Waals surface area contributed by atoms with E-state index in [9.17, 15) is 4.79 Å². The first-order chi connectivity index (χ1) is 12.0. The van der Waals surface area contributed by atoms with Crippen LogP contribution < -0.4 is 15.5 Å². The molecule has 1 aliphatic heterocycles. The Kier molecular flexibility index (Phi) is 7.10. The first-order valence-corrected chi connectivity index (χ1v) is 8.97. The highest BCUT2D eigenvalue weighted by atomic mass is 16.5. The maximum absolute atomic E-state index is 11.5. The minimum Gasteiger partial charge on any atom is -0.469 e. The van der Waals surface area contributed by atoms with E-state index in [0.29, 0.717) is 12.6 Å². The second-order valence-electron chi connectivity index (χ2n) is 6.56. The summed E-state index contributed by atoms with van der Waals surface area (Å²) in [5.41, 5.74) is 2.54. The molecule has 138 valence electrons. The highest BCUT2D eigenvalue weighted by molar-refractivity contribution is 5.81. The van der Waals surface area contributed by atoms with Crippen molar-refractivity contribution in [2.45, 2.75) is 33.2 Å². The Morgan fingerprint density at radius 3 is 2.76 bits per heavy atom. The van der Waals surface area contributed by atoms with Crippen LogP contribution in [-0.4, -0.2) is 51.3 Å². The molecule has 1 aliphatic rings. The highest BCUT2D eigenvalue weighted by Crippen LogP contribution is 2.20. The van der Waals surface area contributed by atoms with Gasteiger partial charge in [0.15, 0.2) is 5.96 Å². The Labute approximate surface area is 150 Å². The second-order valence-corrected chi connectivity index (χ2v) is 6.56. The first-order valence-electron chi connectivity index (χ1n) is 8.97. The molecule has 6 heteroatoms. The van der Waals surface area contributed by atoms with Crippen molar-refractivity contribution in [2.75, 3.05) is 38.2 Å². The van der Waals surface area contributed by atoms with Crippen LogP contribution in [0.2, 0.25) is 0 Å². The number of guanidine groups is 1. The zero-order valence-electron chi connectivity index (χ0n) is 15.7. The Bertz CT molecular complexity index is 586. The van der Waals surface area contributed by atoms with Crippen LogP contribution in [0.4, 0.5) is 5.69 Å². The van der Waals surface area contributed by atoms with Gasteiger partial charge in [0.2, 0.25) is 0 Å². The average Bonchev–Trinajstić information content (AvgIpc) is 3.08. The van der Waals surface area contributed by atoms with Crippen LogP contribution in [0.3, 0.4) is 0 Å². The number of anilines is 1. The molecule has 1 fully saturated rings. The molecule has 1 heterocycles. The minimum atomic E-state index is -0.243. The molecule has 6 nitrogen and oxygen atoms in total. The summed E-state index contributed by atoms with van der Waals surface area (Å²) >= 11 is 0. The number of rotatable bonds is 6. The van der Waals surface area contributed by atoms with Crippen molar-refractivity contribution >= 4 is 17.6 Å². The van der Waals surface area contributed by atoms with Crippen LogP contribution in [-0.2, 0) is 9.53 Å². The standard InChI is InChI=1S/C19H30N4O2/c1-5-20-19(21-12-15(3)18(24)25-4)22-16-10-11-23(13-16)17-8-6-14(2)7-9-17/h6-9,15-16H,5,10-13H2,1-4H3,(H2,20,21,22). The zero-order chi connectivity index (χ0) is 18.2. The Morgan fingerprint density at radius 2 is 2.12 bits per heavy atom. The molecular formula is C19H30N4O2. The molecule has 0 bridgehead atoms. The summed E-state index contributed by atoms with van der Waals surface area (Å²) in [6.45, 7) is 9.14. The fraction of sp³-hybridized carbons (Fsp3) is 0.579. The summed E-state index contributed by atoms with van der Waals surface area (Å²) in [6.07, 6.45) is 1.06. The molecule has 0 amide bonds. The number of aryl methyl sites for hydroxylation is 1. The number of benzene rings is 1. The monoisotopic (exact) mass is 346 g/mol. The van der Waals surface area contributed by atoms with Gasteiger partial charge in [-0.2, -0.15) is 0 Å². The quantitative estimate of drug-likeness (QED) is 0.468. The molecule has 0 aliphatic carbocycles. The summed E-state index contributed by atoms with van der Waals surface area (Å²) in [5, 5.41) is 6.74. The predicted molar refractivity (Wildman–Crippen MR) is 102 cm³/mol. The van der Waals surface area contributed by atoms with Gasteiger partial charge >= 0.3 is 5.97 Å². The van der Waals surface area contributed by atoms with Crippen molar-refractivity contribution < 1.29 is 9.53 Å². The fourth-order valence-electron chi connectivity index (χ4n) is 2.89. The van der Waals surface area contributed by atoms with Crippen molar-refractivity contribution in [1.29, 1.82) is 0 Å². The third kappa shape index (κ3) is 5.66. The molecule has 2 N–H and O–H groups in total. The number of aliphatic imine (C=N–C) groups is 1. The van der Waals surface area contributed by atoms with Crippen LogP contribution >= 0.6 is 0 Å². The van der Waals surface area contributed by atoms with Crippen LogP contribution in [0, 0.1) is 12.8 Å². The third-order valence-electron chi connectivity index (χ3n) is 4.40. The van der Waals surface area contributed by atoms with Gasteiger partial charge in [-0.15, -0.1) is 0 Å². The number of esters is 1. The highest BCUT2D eigenvalue weighted by Gasteiger charge is 2.23. The summed E-state index contributed by atoms with van der Waals surface area (Å²) < 4.78 is 4.75. The fourth-order valence-corrected chi connectivity index (χ4v) is 2.89. The Morgan fingerprint density at radius 1 is 1.40 bits per heavy atom. The lowest BCUT2D eigenvalue weighted by Gasteiger charge is -2.20. The predicted octanol–water partition coefficient (Wildman–Crippen LogP) is 1.94. The van der Waals surface area contributed by atoms with Crippen molar-refractivity contribution in [3.8, 4) is 0 Å². The van der Waals surface area contributed by atoms with E-state index in [2.05, 4.69) is 51.7 Å². The topological polar surface area (TPSA) is 66.0 Å². The Hall–Kier alpha value is -2.24. The average molecular weight is 346 g/mol. The number of hydrogen-bond donors (Lipinski definition) is 2. The van der Waals surface area contributed by atoms with Crippen molar-refractivity contribution in [2.24, 2.45) is 10.9 Å². The molecule has 0 radical (unpaired) electrons. The first kappa shape index (κ1) is 19.1. The minimum absolute atomic E-state index is 0.231. The molecule has 1 aromatic carbocycles. The van der Waals surface area contributed by atoms with E-state index in [-0.39, 0.29) is 11.9 Å². The van der Waals surface area contributed by atoms with Crippen molar-refractivity contribution in [1.82, 2.24) is 10.6 Å². The van der Waals surface area contributed by atoms with Crippen molar-refractivity contribution in [3.05, 3.63) is 29.8 Å². The number of carbonyl (C=O) groups excluding carboxylic acids is 1. The van der Waals surface area contributed by atoms with Gasteiger partial charge in [0, 0.05) is 31.4 Å². The number of ether oxygens (including phenoxy) is 1. The van der Waals surface area contributed by atoms with E-state index < -0.39 is 0 Å². The SMILES string of the molecule is CCNC(=NCC(C)C(=O)OC)NC1CCN(c2ccc(C)cc2)C1. The molecule has 2 rings (SSSR count). The number of hydrogen-bond acceptors (Lipinski definition) is 4. The van der Waals surface area contributed by atoms with E-state index >= 15 is 0 Å². The van der Waals surface area contributed by atoms with Crippen LogP contribution in [0.5, 0.6) is 0 Å². The molecule has 0 saturated carbocycles. The second kappa shape index (κ2) is 9.30. The molecule has 25 heavy (non-hydrogen) atoms. The van der Waals surface area contributed by atoms with E-state index in [4.69, 9.17) is 4.74 Å². The van der Waals surface area contributed by atoms with Gasteiger partial charge in [-0.05, 0) is 32.4 Å². The summed E-state index contributed by atoms with van der Waals surface area (Å²) in [7, 11) is 1.41. The summed E-state index contributed by atoms with van der Waals surface area (Å²) in [5.74, 6) is 0.285. The molecule has 1 saturated heterocycles. The van der Waals surface area contributed by atoms with Crippen LogP contribution in [0.25, 0.3) is 0 Å². The lowest BCUT2D eigenvalue weighted by molar-refractivity contribution is -0.144. The molecular weight excluding hydrogens is 316 g/mol. The van der Waals surface area contributed by atoms with Gasteiger partial charge in [0.05, 0.1) is 19.6 Å². The number of nitrogens with zero attached hydrogens (tertiary/aromatic N) is 2. The third-order valence-corrected chi connectivity index (χ3v) is 4.40. The van der Waals surface area contributed by atoms with Crippen molar-refractivity contribution in [3.63, 3.8) is 0 Å². The maximum atomic E-state index is 11.5. The number of carbonyl (C=O) groups is 1. The molecule has 0 spiro atoms. The molecule has 2 atom stereocenters. The number of nitrogens with one attached hydrogen (secondary N) is 2. The molecule has 2 unspecified atom stereocenters. The van der Waals surface area contributed by atoms with E-state index in [1.807, 2.05) is 13.8 Å². The van der Waals surface area contributed by atoms with E-state index in [1.54, 1.807) is 0 Å².